The number of aromatic nitrogens is 8. The normalized spacial score (nSPS) is 12.0. The van der Waals surface area contributed by atoms with Gasteiger partial charge in [-0.1, -0.05) is 243 Å². The fourth-order valence-corrected chi connectivity index (χ4v) is 13.6. The molecule has 0 aliphatic heterocycles. The topological polar surface area (TPSA) is 71.3 Å². The van der Waals surface area contributed by atoms with Crippen LogP contribution in [0.5, 0.6) is 0 Å². The van der Waals surface area contributed by atoms with Gasteiger partial charge in [0, 0.05) is 65.0 Å². The summed E-state index contributed by atoms with van der Waals surface area (Å²) in [6.07, 6.45) is 0. The molecule has 390 valence electrons. The monoisotopic (exact) mass is 1070 g/mol. The Morgan fingerprint density at radius 1 is 0.202 bits per heavy atom. The highest BCUT2D eigenvalue weighted by Crippen LogP contribution is 2.50. The Labute approximate surface area is 480 Å². The van der Waals surface area contributed by atoms with Crippen LogP contribution in [0.1, 0.15) is 0 Å². The number of hydrogen-bond donors (Lipinski definition) is 0. The Hall–Kier alpha value is -11.5. The molecule has 0 amide bonds. The molecule has 0 saturated heterocycles. The van der Waals surface area contributed by atoms with E-state index < -0.39 is 0 Å². The van der Waals surface area contributed by atoms with E-state index in [2.05, 4.69) is 285 Å². The maximum Gasteiger partial charge on any atom is 0.168 e. The fraction of sp³-hybridized carbons (Fsp3) is 0. The number of benzene rings is 12. The first-order valence-electron chi connectivity index (χ1n) is 28.5. The average Bonchev–Trinajstić information content (AvgIpc) is 1.92. The molecular formula is C76H46N8. The standard InChI is InChI=1S/C76H46N8/c1-3-25-49(26-4-1)72-77-73(50-27-5-2-6-28-50)79-74(78-72)67-70(81-61-37-17-11-31-53(61)54-32-12-18-38-62(54)81)76(84-66-42-22-16-36-58(66)60-46-44-48-24-8-10-30-52(48)69(60)84)80-75(82-63-39-19-13-33-55(63)56-34-14-20-40-64(56)82)71(67)83-65-41-21-15-35-57(65)59-45-43-47-23-7-9-29-51(47)68(59)83/h1-46H. The summed E-state index contributed by atoms with van der Waals surface area (Å²) in [4.78, 5) is 23.7. The summed E-state index contributed by atoms with van der Waals surface area (Å²) < 4.78 is 9.78. The van der Waals surface area contributed by atoms with Crippen molar-refractivity contribution in [2.45, 2.75) is 0 Å². The van der Waals surface area contributed by atoms with Crippen molar-refractivity contribution >= 4 is 109 Å². The molecule has 0 saturated carbocycles. The van der Waals surface area contributed by atoms with Crippen molar-refractivity contribution in [1.82, 2.24) is 38.2 Å². The molecule has 0 aliphatic rings. The lowest BCUT2D eigenvalue weighted by atomic mass is 10.0. The molecule has 0 fully saturated rings. The molecule has 0 N–H and O–H groups in total. The van der Waals surface area contributed by atoms with E-state index in [1.165, 1.54) is 0 Å². The van der Waals surface area contributed by atoms with Crippen LogP contribution in [-0.2, 0) is 0 Å². The second kappa shape index (κ2) is 18.0. The average molecular weight is 1070 g/mol. The van der Waals surface area contributed by atoms with Gasteiger partial charge in [0.05, 0.1) is 49.7 Å². The van der Waals surface area contributed by atoms with Crippen LogP contribution in [0.2, 0.25) is 0 Å². The lowest BCUT2D eigenvalue weighted by Gasteiger charge is -2.26. The highest BCUT2D eigenvalue weighted by atomic mass is 15.2. The van der Waals surface area contributed by atoms with Crippen LogP contribution in [-0.4, -0.2) is 38.2 Å². The van der Waals surface area contributed by atoms with Gasteiger partial charge in [0.25, 0.3) is 0 Å². The van der Waals surface area contributed by atoms with E-state index in [0.717, 1.165) is 137 Å². The quantitative estimate of drug-likeness (QED) is 0.159. The third kappa shape index (κ3) is 6.64. The highest BCUT2D eigenvalue weighted by Gasteiger charge is 2.35. The van der Waals surface area contributed by atoms with E-state index >= 15 is 0 Å². The third-order valence-corrected chi connectivity index (χ3v) is 17.2. The smallest absolute Gasteiger partial charge is 0.168 e. The van der Waals surface area contributed by atoms with E-state index in [-0.39, 0.29) is 0 Å². The van der Waals surface area contributed by atoms with E-state index in [4.69, 9.17) is 19.9 Å². The van der Waals surface area contributed by atoms with Crippen molar-refractivity contribution in [2.24, 2.45) is 0 Å². The molecule has 0 radical (unpaired) electrons. The maximum atomic E-state index is 6.54. The number of pyridine rings is 1. The van der Waals surface area contributed by atoms with Crippen LogP contribution in [0.15, 0.2) is 279 Å². The number of hydrogen-bond acceptors (Lipinski definition) is 4. The molecule has 0 aliphatic carbocycles. The molecule has 0 atom stereocenters. The lowest BCUT2D eigenvalue weighted by molar-refractivity contribution is 0.954. The maximum absolute atomic E-state index is 6.54. The zero-order valence-corrected chi connectivity index (χ0v) is 45.1. The van der Waals surface area contributed by atoms with Gasteiger partial charge in [0.1, 0.15) is 11.4 Å². The third-order valence-electron chi connectivity index (χ3n) is 17.2. The highest BCUT2D eigenvalue weighted by molar-refractivity contribution is 6.22. The first-order valence-corrected chi connectivity index (χ1v) is 28.5. The summed E-state index contributed by atoms with van der Waals surface area (Å²) in [6, 6.07) is 99.9. The van der Waals surface area contributed by atoms with Crippen molar-refractivity contribution in [3.8, 4) is 57.2 Å². The Bertz CT molecular complexity index is 5580. The van der Waals surface area contributed by atoms with Gasteiger partial charge in [0.2, 0.25) is 0 Å². The second-order valence-corrected chi connectivity index (χ2v) is 21.7. The molecule has 0 unspecified atom stereocenters. The summed E-state index contributed by atoms with van der Waals surface area (Å²) in [6.45, 7) is 0. The van der Waals surface area contributed by atoms with Gasteiger partial charge in [-0.15, -0.1) is 0 Å². The number of para-hydroxylation sites is 6. The molecule has 6 aromatic heterocycles. The molecule has 18 aromatic rings. The Kier molecular flexibility index (Phi) is 9.93. The molecule has 84 heavy (non-hydrogen) atoms. The lowest BCUT2D eigenvalue weighted by Crippen LogP contribution is -2.17. The van der Waals surface area contributed by atoms with Crippen LogP contribution < -0.4 is 0 Å². The Balaban J connectivity index is 1.19. The van der Waals surface area contributed by atoms with Crippen LogP contribution in [0.25, 0.3) is 166 Å². The molecule has 0 spiro atoms. The van der Waals surface area contributed by atoms with Gasteiger partial charge < -0.3 is 9.13 Å². The first-order chi connectivity index (χ1) is 41.7. The zero-order valence-electron chi connectivity index (χ0n) is 45.1. The largest absolute Gasteiger partial charge is 0.305 e. The van der Waals surface area contributed by atoms with Crippen molar-refractivity contribution in [2.75, 3.05) is 0 Å². The Morgan fingerprint density at radius 2 is 0.512 bits per heavy atom. The minimum atomic E-state index is 0.483. The molecular weight excluding hydrogens is 1020 g/mol. The van der Waals surface area contributed by atoms with Crippen LogP contribution in [0, 0.1) is 0 Å². The van der Waals surface area contributed by atoms with Crippen molar-refractivity contribution in [3.05, 3.63) is 279 Å². The van der Waals surface area contributed by atoms with Gasteiger partial charge in [-0.2, -0.15) is 0 Å². The molecule has 18 rings (SSSR count). The van der Waals surface area contributed by atoms with Crippen molar-refractivity contribution in [1.29, 1.82) is 0 Å². The van der Waals surface area contributed by atoms with Crippen LogP contribution >= 0.6 is 0 Å². The summed E-state index contributed by atoms with van der Waals surface area (Å²) in [5.41, 5.74) is 12.3. The van der Waals surface area contributed by atoms with E-state index in [0.29, 0.717) is 29.1 Å². The zero-order chi connectivity index (χ0) is 55.0. The number of fused-ring (bicyclic) bond motifs is 16. The van der Waals surface area contributed by atoms with Gasteiger partial charge in [-0.25, -0.2) is 19.9 Å². The van der Waals surface area contributed by atoms with Crippen LogP contribution in [0.4, 0.5) is 0 Å². The SMILES string of the molecule is c1ccc(-c2nc(-c3ccccc3)nc(-c3c(-n4c5ccccc5c5ccccc54)c(-n4c5ccccc5c5ccc6ccccc6c54)nc(-n4c5ccccc5c5ccccc54)c3-n3c4ccccc4c4ccc5ccccc5c43)n2)cc1. The van der Waals surface area contributed by atoms with Gasteiger partial charge in [-0.05, 0) is 47.2 Å². The molecule has 12 aromatic carbocycles. The summed E-state index contributed by atoms with van der Waals surface area (Å²) in [5, 5.41) is 13.4. The molecule has 8 heteroatoms. The molecule has 0 bridgehead atoms. The van der Waals surface area contributed by atoms with Gasteiger partial charge >= 0.3 is 0 Å². The van der Waals surface area contributed by atoms with Gasteiger partial charge in [0.15, 0.2) is 29.1 Å². The molecule has 8 nitrogen and oxygen atoms in total. The predicted molar refractivity (Wildman–Crippen MR) is 346 cm³/mol. The Morgan fingerprint density at radius 3 is 0.964 bits per heavy atom. The minimum Gasteiger partial charge on any atom is -0.305 e. The summed E-state index contributed by atoms with van der Waals surface area (Å²) >= 11 is 0. The second-order valence-electron chi connectivity index (χ2n) is 21.7. The van der Waals surface area contributed by atoms with Gasteiger partial charge in [-0.3, -0.25) is 9.13 Å². The number of nitrogens with zero attached hydrogens (tertiary/aromatic N) is 8. The summed E-state index contributed by atoms with van der Waals surface area (Å²) in [7, 11) is 0. The van der Waals surface area contributed by atoms with Crippen LogP contribution in [0.3, 0.4) is 0 Å². The number of rotatable bonds is 7. The molecule has 6 heterocycles. The van der Waals surface area contributed by atoms with E-state index in [1.807, 2.05) is 12.1 Å². The fourth-order valence-electron chi connectivity index (χ4n) is 13.6. The van der Waals surface area contributed by atoms with E-state index in [9.17, 15) is 0 Å². The predicted octanol–water partition coefficient (Wildman–Crippen LogP) is 19.0. The van der Waals surface area contributed by atoms with E-state index in [1.54, 1.807) is 0 Å². The minimum absolute atomic E-state index is 0.483. The first kappa shape index (κ1) is 46.3. The van der Waals surface area contributed by atoms with Crippen molar-refractivity contribution < 1.29 is 0 Å². The summed E-state index contributed by atoms with van der Waals surface area (Å²) in [5.74, 6) is 2.98. The van der Waals surface area contributed by atoms with Crippen molar-refractivity contribution in [3.63, 3.8) is 0 Å².